The Hall–Kier alpha value is -1.17. The molecule has 0 saturated carbocycles. The summed E-state index contributed by atoms with van der Waals surface area (Å²) in [4.78, 5) is 0. The molecule has 4 nitrogen and oxygen atoms in total. The van der Waals surface area contributed by atoms with E-state index in [1.165, 1.54) is 9.71 Å². The summed E-state index contributed by atoms with van der Waals surface area (Å²) in [5, 5.41) is 10.5. The van der Waals surface area contributed by atoms with Gasteiger partial charge in [0.1, 0.15) is 0 Å². The van der Waals surface area contributed by atoms with Crippen LogP contribution in [0.15, 0.2) is 35.7 Å². The van der Waals surface area contributed by atoms with Gasteiger partial charge in [-0.1, -0.05) is 30.3 Å². The molecule has 1 fully saturated rings. The van der Waals surface area contributed by atoms with Gasteiger partial charge in [-0.3, -0.25) is 0 Å². The highest BCUT2D eigenvalue weighted by molar-refractivity contribution is 7.92. The molecular formula is C12H15NO3S. The molecule has 1 atom stereocenters. The van der Waals surface area contributed by atoms with E-state index < -0.39 is 16.1 Å². The lowest BCUT2D eigenvalue weighted by Crippen LogP contribution is -2.27. The zero-order chi connectivity index (χ0) is 12.3. The van der Waals surface area contributed by atoms with E-state index in [1.54, 1.807) is 6.08 Å². The van der Waals surface area contributed by atoms with Gasteiger partial charge in [0.2, 0.25) is 10.0 Å². The summed E-state index contributed by atoms with van der Waals surface area (Å²) >= 11 is 0. The monoisotopic (exact) mass is 253 g/mol. The quantitative estimate of drug-likeness (QED) is 0.876. The number of aliphatic hydroxyl groups is 1. The van der Waals surface area contributed by atoms with E-state index in [9.17, 15) is 13.5 Å². The normalized spacial score (nSPS) is 22.3. The van der Waals surface area contributed by atoms with Gasteiger partial charge in [-0.05, 0) is 18.1 Å². The van der Waals surface area contributed by atoms with E-state index in [0.29, 0.717) is 13.0 Å². The second kappa shape index (κ2) is 5.00. The van der Waals surface area contributed by atoms with Crippen LogP contribution in [0.4, 0.5) is 0 Å². The van der Waals surface area contributed by atoms with Gasteiger partial charge >= 0.3 is 0 Å². The van der Waals surface area contributed by atoms with Crippen LogP contribution < -0.4 is 0 Å². The Bertz CT molecular complexity index is 496. The first kappa shape index (κ1) is 12.3. The number of hydrogen-bond donors (Lipinski definition) is 1. The maximum atomic E-state index is 11.9. The van der Waals surface area contributed by atoms with E-state index in [4.69, 9.17) is 0 Å². The second-order valence-electron chi connectivity index (χ2n) is 4.06. The molecule has 0 amide bonds. The van der Waals surface area contributed by atoms with Gasteiger partial charge < -0.3 is 5.11 Å². The van der Waals surface area contributed by atoms with E-state index in [1.807, 2.05) is 30.3 Å². The maximum absolute atomic E-state index is 11.9. The fourth-order valence-electron chi connectivity index (χ4n) is 1.76. The number of sulfonamides is 1. The lowest BCUT2D eigenvalue weighted by molar-refractivity contribution is 0.189. The van der Waals surface area contributed by atoms with E-state index in [0.717, 1.165) is 5.56 Å². The molecule has 17 heavy (non-hydrogen) atoms. The average molecular weight is 253 g/mol. The minimum atomic E-state index is -3.40. The van der Waals surface area contributed by atoms with Gasteiger partial charge in [0.15, 0.2) is 0 Å². The van der Waals surface area contributed by atoms with Crippen LogP contribution in [-0.4, -0.2) is 37.0 Å². The van der Waals surface area contributed by atoms with E-state index in [2.05, 4.69) is 0 Å². The molecule has 1 saturated heterocycles. The third-order valence-electron chi connectivity index (χ3n) is 2.72. The summed E-state index contributed by atoms with van der Waals surface area (Å²) in [5.41, 5.74) is 0.843. The van der Waals surface area contributed by atoms with Crippen LogP contribution in [-0.2, 0) is 10.0 Å². The number of nitrogens with zero attached hydrogens (tertiary/aromatic N) is 1. The lowest BCUT2D eigenvalue weighted by Gasteiger charge is -2.11. The molecule has 1 aromatic carbocycles. The fraction of sp³-hybridized carbons (Fsp3) is 0.333. The van der Waals surface area contributed by atoms with Crippen LogP contribution in [0.1, 0.15) is 12.0 Å². The molecule has 1 N–H and O–H groups in total. The highest BCUT2D eigenvalue weighted by Gasteiger charge is 2.28. The molecular weight excluding hydrogens is 238 g/mol. The second-order valence-corrected chi connectivity index (χ2v) is 5.88. The molecule has 0 aromatic heterocycles. The highest BCUT2D eigenvalue weighted by atomic mass is 32.2. The minimum Gasteiger partial charge on any atom is -0.392 e. The first-order valence-electron chi connectivity index (χ1n) is 5.49. The van der Waals surface area contributed by atoms with Gasteiger partial charge in [0.25, 0.3) is 0 Å². The van der Waals surface area contributed by atoms with Crippen LogP contribution in [0.3, 0.4) is 0 Å². The molecule has 0 unspecified atom stereocenters. The molecule has 0 spiro atoms. The summed E-state index contributed by atoms with van der Waals surface area (Å²) in [6.45, 7) is 0.587. The largest absolute Gasteiger partial charge is 0.392 e. The Morgan fingerprint density at radius 1 is 1.29 bits per heavy atom. The standard InChI is InChI=1S/C12H15NO3S/c14-12-6-8-13(10-12)17(15,16)9-7-11-4-2-1-3-5-11/h1-5,7,9,12,14H,6,8,10H2/t12-/m1/s1. The maximum Gasteiger partial charge on any atom is 0.236 e. The Labute approximate surface area is 101 Å². The summed E-state index contributed by atoms with van der Waals surface area (Å²) in [6, 6.07) is 9.26. The number of rotatable bonds is 3. The van der Waals surface area contributed by atoms with Gasteiger partial charge in [-0.25, -0.2) is 8.42 Å². The molecule has 0 radical (unpaired) electrons. The molecule has 92 valence electrons. The van der Waals surface area contributed by atoms with E-state index >= 15 is 0 Å². The van der Waals surface area contributed by atoms with Crippen molar-refractivity contribution >= 4 is 16.1 Å². The first-order chi connectivity index (χ1) is 8.08. The third kappa shape index (κ3) is 3.15. The topological polar surface area (TPSA) is 57.6 Å². The predicted octanol–water partition coefficient (Wildman–Crippen LogP) is 1.05. The van der Waals surface area contributed by atoms with Crippen molar-refractivity contribution in [3.8, 4) is 0 Å². The summed E-state index contributed by atoms with van der Waals surface area (Å²) in [7, 11) is -3.40. The van der Waals surface area contributed by atoms with Crippen molar-refractivity contribution in [2.45, 2.75) is 12.5 Å². The average Bonchev–Trinajstić information content (AvgIpc) is 2.76. The molecule has 1 aliphatic rings. The van der Waals surface area contributed by atoms with E-state index in [-0.39, 0.29) is 6.54 Å². The fourth-order valence-corrected chi connectivity index (χ4v) is 3.00. The first-order valence-corrected chi connectivity index (χ1v) is 6.99. The molecule has 1 heterocycles. The smallest absolute Gasteiger partial charge is 0.236 e. The highest BCUT2D eigenvalue weighted by Crippen LogP contribution is 2.15. The van der Waals surface area contributed by atoms with Crippen LogP contribution in [0.2, 0.25) is 0 Å². The SMILES string of the molecule is O=S(=O)(C=Cc1ccccc1)N1CC[C@@H](O)C1. The molecule has 0 bridgehead atoms. The van der Waals surface area contributed by atoms with Crippen LogP contribution in [0.25, 0.3) is 6.08 Å². The van der Waals surface area contributed by atoms with Crippen molar-refractivity contribution in [2.24, 2.45) is 0 Å². The summed E-state index contributed by atoms with van der Waals surface area (Å²) in [6.07, 6.45) is 1.55. The number of hydrogen-bond acceptors (Lipinski definition) is 3. The lowest BCUT2D eigenvalue weighted by atomic mass is 10.2. The molecule has 1 aromatic rings. The summed E-state index contributed by atoms with van der Waals surface area (Å²) in [5.74, 6) is 0. The Kier molecular flexibility index (Phi) is 3.61. The summed E-state index contributed by atoms with van der Waals surface area (Å²) < 4.78 is 25.1. The Balaban J connectivity index is 2.10. The van der Waals surface area contributed by atoms with Crippen LogP contribution in [0, 0.1) is 0 Å². The number of benzene rings is 1. The van der Waals surface area contributed by atoms with Crippen molar-refractivity contribution in [3.63, 3.8) is 0 Å². The molecule has 2 rings (SSSR count). The van der Waals surface area contributed by atoms with Gasteiger partial charge in [0, 0.05) is 18.5 Å². The van der Waals surface area contributed by atoms with Crippen molar-refractivity contribution in [2.75, 3.05) is 13.1 Å². The third-order valence-corrected chi connectivity index (χ3v) is 4.25. The Morgan fingerprint density at radius 2 is 2.00 bits per heavy atom. The number of β-amino-alcohol motifs (C(OH)–C–C–N with tert-alkyl or cyclic N) is 1. The zero-order valence-corrected chi connectivity index (χ0v) is 10.2. The molecule has 0 aliphatic carbocycles. The van der Waals surface area contributed by atoms with Crippen molar-refractivity contribution in [1.82, 2.24) is 4.31 Å². The molecule has 5 heteroatoms. The van der Waals surface area contributed by atoms with Crippen LogP contribution in [0.5, 0.6) is 0 Å². The molecule has 1 aliphatic heterocycles. The minimum absolute atomic E-state index is 0.196. The van der Waals surface area contributed by atoms with Gasteiger partial charge in [0.05, 0.1) is 6.10 Å². The van der Waals surface area contributed by atoms with Crippen LogP contribution >= 0.6 is 0 Å². The predicted molar refractivity (Wildman–Crippen MR) is 66.6 cm³/mol. The van der Waals surface area contributed by atoms with Gasteiger partial charge in [-0.2, -0.15) is 4.31 Å². The number of aliphatic hydroxyl groups excluding tert-OH is 1. The van der Waals surface area contributed by atoms with Crippen molar-refractivity contribution < 1.29 is 13.5 Å². The van der Waals surface area contributed by atoms with Gasteiger partial charge in [-0.15, -0.1) is 0 Å². The zero-order valence-electron chi connectivity index (χ0n) is 9.36. The van der Waals surface area contributed by atoms with Crippen molar-refractivity contribution in [1.29, 1.82) is 0 Å². The Morgan fingerprint density at radius 3 is 2.59 bits per heavy atom. The van der Waals surface area contributed by atoms with Crippen molar-refractivity contribution in [3.05, 3.63) is 41.3 Å².